The van der Waals surface area contributed by atoms with Crippen molar-refractivity contribution in [2.24, 2.45) is 0 Å². The van der Waals surface area contributed by atoms with Gasteiger partial charge in [-0.2, -0.15) is 9.28 Å². The second kappa shape index (κ2) is 8.33. The topological polar surface area (TPSA) is 108 Å². The van der Waals surface area contributed by atoms with Crippen LogP contribution >= 0.6 is 0 Å². The number of carbonyl (C=O) groups excluding carboxylic acids is 2. The van der Waals surface area contributed by atoms with Gasteiger partial charge in [0.25, 0.3) is 5.56 Å². The number of fused-ring (bicyclic) bond motifs is 5. The highest BCUT2D eigenvalue weighted by molar-refractivity contribution is 5.92. The van der Waals surface area contributed by atoms with Crippen molar-refractivity contribution in [1.82, 2.24) is 14.0 Å². The van der Waals surface area contributed by atoms with E-state index < -0.39 is 11.6 Å². The fourth-order valence-electron chi connectivity index (χ4n) is 5.73. The van der Waals surface area contributed by atoms with Gasteiger partial charge in [0, 0.05) is 28.6 Å². The van der Waals surface area contributed by atoms with E-state index in [1.54, 1.807) is 17.6 Å². The molecule has 1 fully saturated rings. The molecule has 4 aromatic rings. The zero-order chi connectivity index (χ0) is 26.9. The highest BCUT2D eigenvalue weighted by Crippen LogP contribution is 2.40. The van der Waals surface area contributed by atoms with Crippen LogP contribution in [0.15, 0.2) is 65.5 Å². The lowest BCUT2D eigenvalue weighted by molar-refractivity contribution is -0.172. The Hall–Kier alpha value is -4.34. The van der Waals surface area contributed by atoms with Crippen molar-refractivity contribution in [3.05, 3.63) is 93.3 Å². The molecule has 1 saturated heterocycles. The summed E-state index contributed by atoms with van der Waals surface area (Å²) in [6.07, 6.45) is -0.187. The van der Waals surface area contributed by atoms with Gasteiger partial charge in [-0.1, -0.05) is 37.3 Å². The third kappa shape index (κ3) is 3.47. The molecule has 0 spiro atoms. The van der Waals surface area contributed by atoms with Crippen LogP contribution in [0.5, 0.6) is 0 Å². The van der Waals surface area contributed by atoms with E-state index >= 15 is 0 Å². The molecule has 9 heteroatoms. The minimum Gasteiger partial charge on any atom is -0.458 e. The Balaban J connectivity index is 1.24. The number of nitrogens with zero attached hydrogens (tertiary/aromatic N) is 3. The number of ether oxygens (including phenoxy) is 2. The van der Waals surface area contributed by atoms with E-state index in [1.165, 1.54) is 0 Å². The molecule has 0 radical (unpaired) electrons. The Morgan fingerprint density at radius 2 is 1.92 bits per heavy atom. The number of rotatable bonds is 4. The van der Waals surface area contributed by atoms with E-state index in [0.717, 1.165) is 27.7 Å². The Bertz CT molecular complexity index is 1760. The first-order chi connectivity index (χ1) is 18.8. The summed E-state index contributed by atoms with van der Waals surface area (Å²) in [4.78, 5) is 43.7. The van der Waals surface area contributed by atoms with Gasteiger partial charge < -0.3 is 19.1 Å². The summed E-state index contributed by atoms with van der Waals surface area (Å²) in [6.45, 7) is 3.41. The first-order valence-electron chi connectivity index (χ1n) is 13.0. The molecular weight excluding hydrogens is 498 g/mol. The molecule has 9 nitrogen and oxygen atoms in total. The molecule has 2 aromatic carbocycles. The van der Waals surface area contributed by atoms with E-state index in [-0.39, 0.29) is 35.8 Å². The van der Waals surface area contributed by atoms with Crippen molar-refractivity contribution in [1.29, 1.82) is 0 Å². The molecule has 0 unspecified atom stereocenters. The van der Waals surface area contributed by atoms with Crippen molar-refractivity contribution >= 4 is 28.7 Å². The summed E-state index contributed by atoms with van der Waals surface area (Å²) in [5.74, 6) is -0.742. The molecular formula is C30H26N3O6+. The van der Waals surface area contributed by atoms with E-state index in [1.807, 2.05) is 54.6 Å². The van der Waals surface area contributed by atoms with Crippen molar-refractivity contribution in [3.63, 3.8) is 0 Å². The Morgan fingerprint density at radius 1 is 1.13 bits per heavy atom. The van der Waals surface area contributed by atoms with Crippen LogP contribution in [0.4, 0.5) is 10.5 Å². The average molecular weight is 525 g/mol. The maximum atomic E-state index is 13.4. The van der Waals surface area contributed by atoms with Gasteiger partial charge in [0.2, 0.25) is 0 Å². The highest BCUT2D eigenvalue weighted by Gasteiger charge is 2.54. The molecule has 1 N–H and O–H groups in total. The molecule has 39 heavy (non-hydrogen) atoms. The quantitative estimate of drug-likeness (QED) is 0.217. The number of amides is 1. The lowest BCUT2D eigenvalue weighted by Crippen LogP contribution is -2.44. The minimum absolute atomic E-state index is 0.0935. The maximum absolute atomic E-state index is 13.4. The Morgan fingerprint density at radius 3 is 2.67 bits per heavy atom. The SMILES string of the molecule is CC[C@@]1(O)C(=O)OCc2c1cc1n(c2=O)Cc2cc3cc([N+]4(C(=O)OCc5ccccc5)CC4)ccc3nc2-1. The van der Waals surface area contributed by atoms with Gasteiger partial charge >= 0.3 is 12.1 Å². The van der Waals surface area contributed by atoms with Crippen LogP contribution in [0.1, 0.15) is 35.6 Å². The number of carbonyl (C=O) groups is 2. The number of benzene rings is 2. The summed E-state index contributed by atoms with van der Waals surface area (Å²) < 4.78 is 12.6. The molecule has 0 aliphatic carbocycles. The first-order valence-corrected chi connectivity index (χ1v) is 13.0. The second-order valence-corrected chi connectivity index (χ2v) is 10.4. The molecule has 3 aliphatic rings. The van der Waals surface area contributed by atoms with Crippen LogP contribution in [0.3, 0.4) is 0 Å². The first kappa shape index (κ1) is 23.8. The molecule has 0 saturated carbocycles. The predicted molar refractivity (Wildman–Crippen MR) is 143 cm³/mol. The minimum atomic E-state index is -1.86. The number of hydrogen-bond acceptors (Lipinski definition) is 7. The van der Waals surface area contributed by atoms with Gasteiger partial charge in [0.15, 0.2) is 5.60 Å². The number of aromatic nitrogens is 2. The standard InChI is InChI=1S/C30H26N3O6/c1-2-30(37)23-14-25-26-20(15-32(25)27(34)22(23)17-38-28(30)35)12-19-13-21(8-9-24(19)31-26)33(10-11-33)29(36)39-16-18-6-4-3-5-7-18/h3-9,12-14,37H,2,10-11,15-17H2,1H3/q+1/t30-/m0/s1. The smallest absolute Gasteiger partial charge is 0.458 e. The van der Waals surface area contributed by atoms with Gasteiger partial charge in [0.05, 0.1) is 29.0 Å². The van der Waals surface area contributed by atoms with Crippen LogP contribution in [-0.4, -0.2) is 39.8 Å². The van der Waals surface area contributed by atoms with E-state index in [4.69, 9.17) is 14.5 Å². The molecule has 1 atom stereocenters. The number of pyridine rings is 2. The van der Waals surface area contributed by atoms with Crippen LogP contribution in [0, 0.1) is 0 Å². The lowest BCUT2D eigenvalue weighted by Gasteiger charge is -2.31. The molecule has 2 aromatic heterocycles. The number of aliphatic hydroxyl groups is 1. The van der Waals surface area contributed by atoms with Gasteiger partial charge in [-0.25, -0.2) is 9.78 Å². The number of esters is 1. The summed E-state index contributed by atoms with van der Waals surface area (Å²) >= 11 is 0. The molecule has 1 amide bonds. The van der Waals surface area contributed by atoms with Crippen LogP contribution in [-0.2, 0) is 39.6 Å². The largest absolute Gasteiger partial charge is 0.521 e. The fraction of sp³-hybridized carbons (Fsp3) is 0.267. The molecule has 5 heterocycles. The molecule has 7 rings (SSSR count). The fourth-order valence-corrected chi connectivity index (χ4v) is 5.73. The van der Waals surface area contributed by atoms with Gasteiger partial charge in [-0.05, 0) is 30.2 Å². The van der Waals surface area contributed by atoms with E-state index in [0.29, 0.717) is 42.1 Å². The third-order valence-corrected chi connectivity index (χ3v) is 8.21. The Labute approximate surface area is 223 Å². The van der Waals surface area contributed by atoms with E-state index in [2.05, 4.69) is 0 Å². The summed E-state index contributed by atoms with van der Waals surface area (Å²) in [5.41, 5.74) is 3.01. The zero-order valence-electron chi connectivity index (χ0n) is 21.3. The van der Waals surface area contributed by atoms with E-state index in [9.17, 15) is 19.5 Å². The van der Waals surface area contributed by atoms with Crippen LogP contribution in [0.2, 0.25) is 0 Å². The van der Waals surface area contributed by atoms with Crippen LogP contribution < -0.4 is 10.0 Å². The van der Waals surface area contributed by atoms with Crippen molar-refractivity contribution in [2.75, 3.05) is 13.1 Å². The predicted octanol–water partition coefficient (Wildman–Crippen LogP) is 3.74. The summed E-state index contributed by atoms with van der Waals surface area (Å²) in [5, 5.41) is 11.9. The summed E-state index contributed by atoms with van der Waals surface area (Å²) in [7, 11) is 0. The number of hydrogen-bond donors (Lipinski definition) is 1. The van der Waals surface area contributed by atoms with Gasteiger partial charge in [-0.15, -0.1) is 0 Å². The normalized spacial score (nSPS) is 20.1. The third-order valence-electron chi connectivity index (χ3n) is 8.21. The zero-order valence-corrected chi connectivity index (χ0v) is 21.3. The lowest BCUT2D eigenvalue weighted by atomic mass is 9.86. The molecule has 196 valence electrons. The van der Waals surface area contributed by atoms with Gasteiger partial charge in [0.1, 0.15) is 32.0 Å². The monoisotopic (exact) mass is 524 g/mol. The number of cyclic esters (lactones) is 1. The maximum Gasteiger partial charge on any atom is 0.521 e. The second-order valence-electron chi connectivity index (χ2n) is 10.4. The van der Waals surface area contributed by atoms with Crippen molar-refractivity contribution in [3.8, 4) is 11.4 Å². The van der Waals surface area contributed by atoms with Crippen molar-refractivity contribution < 1.29 is 24.2 Å². The molecule has 0 bridgehead atoms. The van der Waals surface area contributed by atoms with Gasteiger partial charge in [-0.3, -0.25) is 4.79 Å². The average Bonchev–Trinajstić information content (AvgIpc) is 3.70. The number of quaternary nitrogens is 1. The molecule has 3 aliphatic heterocycles. The summed E-state index contributed by atoms with van der Waals surface area (Å²) in [6, 6.07) is 19.1. The van der Waals surface area contributed by atoms with Crippen molar-refractivity contribution in [2.45, 2.75) is 38.7 Å². The highest BCUT2D eigenvalue weighted by atomic mass is 16.6. The Kier molecular flexibility index (Phi) is 5.07. The van der Waals surface area contributed by atoms with Crippen LogP contribution in [0.25, 0.3) is 22.3 Å².